The molecular formula is C22H27N7O3. The van der Waals surface area contributed by atoms with Crippen LogP contribution in [0.15, 0.2) is 36.9 Å². The SMILES string of the molecule is CNC(=O)CNc1nc(-n2ccnc2)nc(C)c1CCCNCc1ccc2c(c1)OCO2. The lowest BCUT2D eigenvalue weighted by atomic mass is 10.1. The Morgan fingerprint density at radius 3 is 2.91 bits per heavy atom. The van der Waals surface area contributed by atoms with Crippen LogP contribution in [0, 0.1) is 6.92 Å². The highest BCUT2D eigenvalue weighted by molar-refractivity contribution is 5.80. The van der Waals surface area contributed by atoms with Crippen LogP contribution in [0.3, 0.4) is 0 Å². The van der Waals surface area contributed by atoms with Gasteiger partial charge < -0.3 is 25.4 Å². The minimum absolute atomic E-state index is 0.109. The predicted molar refractivity (Wildman–Crippen MR) is 119 cm³/mol. The lowest BCUT2D eigenvalue weighted by Crippen LogP contribution is -2.27. The van der Waals surface area contributed by atoms with E-state index in [1.807, 2.05) is 25.1 Å². The summed E-state index contributed by atoms with van der Waals surface area (Å²) in [4.78, 5) is 25.1. The molecule has 10 heteroatoms. The van der Waals surface area contributed by atoms with Crippen molar-refractivity contribution < 1.29 is 14.3 Å². The molecule has 32 heavy (non-hydrogen) atoms. The quantitative estimate of drug-likeness (QED) is 0.410. The van der Waals surface area contributed by atoms with E-state index < -0.39 is 0 Å². The predicted octanol–water partition coefficient (Wildman–Crippen LogP) is 1.58. The second kappa shape index (κ2) is 10.1. The first-order valence-electron chi connectivity index (χ1n) is 10.5. The lowest BCUT2D eigenvalue weighted by Gasteiger charge is -2.15. The van der Waals surface area contributed by atoms with E-state index in [4.69, 9.17) is 9.47 Å². The summed E-state index contributed by atoms with van der Waals surface area (Å²) in [6.07, 6.45) is 6.79. The molecule has 3 heterocycles. The molecule has 4 rings (SSSR count). The highest BCUT2D eigenvalue weighted by Gasteiger charge is 2.15. The van der Waals surface area contributed by atoms with E-state index in [-0.39, 0.29) is 19.2 Å². The number of likely N-dealkylation sites (N-methyl/N-ethyl adjacent to an activating group) is 1. The Balaban J connectivity index is 1.37. The molecule has 0 aliphatic carbocycles. The van der Waals surface area contributed by atoms with Crippen molar-refractivity contribution >= 4 is 11.7 Å². The fraction of sp³-hybridized carbons (Fsp3) is 0.364. The van der Waals surface area contributed by atoms with E-state index in [9.17, 15) is 4.79 Å². The standard InChI is InChI=1S/C22H27N7O3/c1-15-17(4-3-7-24-11-16-5-6-18-19(10-16)32-14-31-18)21(26-12-20(30)23-2)28-22(27-15)29-9-8-25-13-29/h5-6,8-10,13,24H,3-4,7,11-12,14H2,1-2H3,(H,23,30)(H,26,27,28). The highest BCUT2D eigenvalue weighted by atomic mass is 16.7. The van der Waals surface area contributed by atoms with Crippen molar-refractivity contribution in [2.75, 3.05) is 32.2 Å². The van der Waals surface area contributed by atoms with Gasteiger partial charge in [-0.1, -0.05) is 6.07 Å². The van der Waals surface area contributed by atoms with Crippen LogP contribution in [0.1, 0.15) is 23.2 Å². The summed E-state index contributed by atoms with van der Waals surface area (Å²) in [6, 6.07) is 5.98. The molecule has 3 aromatic rings. The summed E-state index contributed by atoms with van der Waals surface area (Å²) >= 11 is 0. The van der Waals surface area contributed by atoms with Gasteiger partial charge in [0.05, 0.1) is 6.54 Å². The third kappa shape index (κ3) is 5.14. The molecule has 1 aliphatic heterocycles. The Bertz CT molecular complexity index is 1070. The number of ether oxygens (including phenoxy) is 2. The van der Waals surface area contributed by atoms with Crippen molar-refractivity contribution in [2.45, 2.75) is 26.3 Å². The van der Waals surface area contributed by atoms with Crippen molar-refractivity contribution in [1.82, 2.24) is 30.2 Å². The molecule has 0 unspecified atom stereocenters. The molecule has 0 atom stereocenters. The maximum Gasteiger partial charge on any atom is 0.239 e. The molecule has 168 valence electrons. The monoisotopic (exact) mass is 437 g/mol. The number of aromatic nitrogens is 4. The molecule has 1 amide bonds. The van der Waals surface area contributed by atoms with Crippen molar-refractivity contribution in [1.29, 1.82) is 0 Å². The number of aryl methyl sites for hydroxylation is 1. The number of carbonyl (C=O) groups is 1. The van der Waals surface area contributed by atoms with Gasteiger partial charge >= 0.3 is 0 Å². The van der Waals surface area contributed by atoms with Gasteiger partial charge in [-0.3, -0.25) is 9.36 Å². The molecule has 0 spiro atoms. The van der Waals surface area contributed by atoms with Gasteiger partial charge in [-0.25, -0.2) is 9.97 Å². The van der Waals surface area contributed by atoms with Crippen molar-refractivity contribution in [3.05, 3.63) is 53.7 Å². The molecule has 2 aromatic heterocycles. The van der Waals surface area contributed by atoms with Crippen LogP contribution in [-0.2, 0) is 17.8 Å². The summed E-state index contributed by atoms with van der Waals surface area (Å²) in [7, 11) is 1.61. The molecule has 0 bridgehead atoms. The summed E-state index contributed by atoms with van der Waals surface area (Å²) < 4.78 is 12.5. The van der Waals surface area contributed by atoms with E-state index in [0.717, 1.165) is 54.3 Å². The number of benzene rings is 1. The van der Waals surface area contributed by atoms with Crippen LogP contribution in [0.4, 0.5) is 5.82 Å². The first-order valence-corrected chi connectivity index (χ1v) is 10.5. The lowest BCUT2D eigenvalue weighted by molar-refractivity contribution is -0.118. The number of hydrogen-bond donors (Lipinski definition) is 3. The largest absolute Gasteiger partial charge is 0.454 e. The molecule has 0 fully saturated rings. The number of fused-ring (bicyclic) bond motifs is 1. The van der Waals surface area contributed by atoms with E-state index >= 15 is 0 Å². The van der Waals surface area contributed by atoms with E-state index in [1.165, 1.54) is 0 Å². The third-order valence-corrected chi connectivity index (χ3v) is 5.18. The minimum atomic E-state index is -0.109. The first-order chi connectivity index (χ1) is 15.6. The fourth-order valence-electron chi connectivity index (χ4n) is 3.45. The summed E-state index contributed by atoms with van der Waals surface area (Å²) in [5.41, 5.74) is 3.02. The molecular weight excluding hydrogens is 410 g/mol. The Morgan fingerprint density at radius 2 is 2.09 bits per heavy atom. The molecule has 0 saturated carbocycles. The highest BCUT2D eigenvalue weighted by Crippen LogP contribution is 2.32. The average Bonchev–Trinajstić information content (AvgIpc) is 3.50. The molecule has 1 aromatic carbocycles. The fourth-order valence-corrected chi connectivity index (χ4v) is 3.45. The van der Waals surface area contributed by atoms with Crippen LogP contribution in [0.5, 0.6) is 11.5 Å². The van der Waals surface area contributed by atoms with Gasteiger partial charge in [-0.15, -0.1) is 0 Å². The van der Waals surface area contributed by atoms with Gasteiger partial charge in [0.25, 0.3) is 0 Å². The van der Waals surface area contributed by atoms with Gasteiger partial charge in [-0.2, -0.15) is 4.98 Å². The Labute approximate surface area is 186 Å². The zero-order chi connectivity index (χ0) is 22.3. The zero-order valence-electron chi connectivity index (χ0n) is 18.2. The van der Waals surface area contributed by atoms with E-state index in [1.54, 1.807) is 30.3 Å². The van der Waals surface area contributed by atoms with Crippen molar-refractivity contribution in [3.8, 4) is 17.4 Å². The third-order valence-electron chi connectivity index (χ3n) is 5.18. The van der Waals surface area contributed by atoms with Gasteiger partial charge in [-0.05, 0) is 44.0 Å². The molecule has 3 N–H and O–H groups in total. The topological polar surface area (TPSA) is 115 Å². The number of nitrogens with zero attached hydrogens (tertiary/aromatic N) is 4. The first kappa shape index (κ1) is 21.6. The van der Waals surface area contributed by atoms with Crippen molar-refractivity contribution in [2.24, 2.45) is 0 Å². The van der Waals surface area contributed by atoms with Crippen LogP contribution in [0.25, 0.3) is 5.95 Å². The normalized spacial score (nSPS) is 12.1. The van der Waals surface area contributed by atoms with Gasteiger partial charge in [0.2, 0.25) is 18.6 Å². The van der Waals surface area contributed by atoms with E-state index in [2.05, 4.69) is 30.9 Å². The minimum Gasteiger partial charge on any atom is -0.454 e. The molecule has 0 radical (unpaired) electrons. The van der Waals surface area contributed by atoms with Gasteiger partial charge in [0.1, 0.15) is 12.1 Å². The van der Waals surface area contributed by atoms with Crippen LogP contribution < -0.4 is 25.4 Å². The van der Waals surface area contributed by atoms with Crippen LogP contribution in [0.2, 0.25) is 0 Å². The summed E-state index contributed by atoms with van der Waals surface area (Å²) in [6.45, 7) is 3.96. The van der Waals surface area contributed by atoms with Crippen LogP contribution in [-0.4, -0.2) is 52.4 Å². The Morgan fingerprint density at radius 1 is 1.22 bits per heavy atom. The number of anilines is 1. The molecule has 10 nitrogen and oxygen atoms in total. The average molecular weight is 438 g/mol. The number of hydrogen-bond acceptors (Lipinski definition) is 8. The number of amides is 1. The smallest absolute Gasteiger partial charge is 0.239 e. The van der Waals surface area contributed by atoms with Gasteiger partial charge in [0.15, 0.2) is 11.5 Å². The Hall–Kier alpha value is -3.66. The maximum atomic E-state index is 11.7. The molecule has 1 aliphatic rings. The maximum absolute atomic E-state index is 11.7. The van der Waals surface area contributed by atoms with Crippen LogP contribution >= 0.6 is 0 Å². The summed E-state index contributed by atoms with van der Waals surface area (Å²) in [5, 5.41) is 9.23. The number of rotatable bonds is 10. The second-order valence-corrected chi connectivity index (χ2v) is 7.40. The number of imidazole rings is 1. The van der Waals surface area contributed by atoms with E-state index in [0.29, 0.717) is 11.8 Å². The Kier molecular flexibility index (Phi) is 6.81. The summed E-state index contributed by atoms with van der Waals surface area (Å²) in [5.74, 6) is 2.66. The number of nitrogens with one attached hydrogen (secondary N) is 3. The second-order valence-electron chi connectivity index (χ2n) is 7.40. The zero-order valence-corrected chi connectivity index (χ0v) is 18.2. The molecule has 0 saturated heterocycles. The van der Waals surface area contributed by atoms with Crippen molar-refractivity contribution in [3.63, 3.8) is 0 Å². The number of carbonyl (C=O) groups excluding carboxylic acids is 1. The van der Waals surface area contributed by atoms with Gasteiger partial charge in [0, 0.05) is 37.2 Å².